The minimum absolute atomic E-state index is 0.467. The maximum absolute atomic E-state index is 6.04. The number of methoxy groups -OCH3 is 5. The summed E-state index contributed by atoms with van der Waals surface area (Å²) in [5, 5.41) is 4.78. The molecule has 0 unspecified atom stereocenters. The number of rotatable bonds is 14. The van der Waals surface area contributed by atoms with Crippen LogP contribution in [-0.2, 0) is 0 Å². The molecule has 3 aromatic carbocycles. The molecule has 0 fully saturated rings. The Labute approximate surface area is 238 Å². The summed E-state index contributed by atoms with van der Waals surface area (Å²) in [6.45, 7) is 0.946. The first kappa shape index (κ1) is 28.8. The fourth-order valence-corrected chi connectivity index (χ4v) is 4.15. The Hall–Kier alpha value is -4.24. The van der Waals surface area contributed by atoms with Crippen LogP contribution < -0.4 is 33.2 Å². The van der Waals surface area contributed by atoms with Gasteiger partial charge in [-0.25, -0.2) is 0 Å². The highest BCUT2D eigenvalue weighted by molar-refractivity contribution is 6.30. The molecule has 0 amide bonds. The molecular weight excluding hydrogens is 538 g/mol. The fraction of sp³-hybridized carbons (Fsp3) is 0.300. The summed E-state index contributed by atoms with van der Waals surface area (Å²) in [6.07, 6.45) is 1.52. The van der Waals surface area contributed by atoms with Gasteiger partial charge in [0.2, 0.25) is 5.75 Å². The van der Waals surface area contributed by atoms with Crippen LogP contribution in [0.4, 0.5) is 0 Å². The Morgan fingerprint density at radius 2 is 1.35 bits per heavy atom. The lowest BCUT2D eigenvalue weighted by atomic mass is 10.1. The zero-order chi connectivity index (χ0) is 28.5. The largest absolute Gasteiger partial charge is 0.493 e. The second-order valence-corrected chi connectivity index (χ2v) is 8.91. The second-order valence-electron chi connectivity index (χ2n) is 8.48. The van der Waals surface area contributed by atoms with Gasteiger partial charge in [-0.05, 0) is 49.2 Å². The smallest absolute Gasteiger partial charge is 0.203 e. The number of hydrogen-bond donors (Lipinski definition) is 0. The molecule has 0 atom stereocenters. The number of halogens is 1. The van der Waals surface area contributed by atoms with Crippen LogP contribution in [0.2, 0.25) is 5.02 Å². The summed E-state index contributed by atoms with van der Waals surface area (Å²) >= 11 is 6.03. The van der Waals surface area contributed by atoms with Gasteiger partial charge in [0.15, 0.2) is 40.3 Å². The molecule has 40 heavy (non-hydrogen) atoms. The predicted molar refractivity (Wildman–Crippen MR) is 151 cm³/mol. The van der Waals surface area contributed by atoms with E-state index in [-0.39, 0.29) is 0 Å². The third-order valence-electron chi connectivity index (χ3n) is 6.01. The Morgan fingerprint density at radius 1 is 0.700 bits per heavy atom. The van der Waals surface area contributed by atoms with E-state index in [1.165, 1.54) is 0 Å². The molecule has 1 radical (unpaired) electrons. The van der Waals surface area contributed by atoms with Gasteiger partial charge >= 0.3 is 0 Å². The van der Waals surface area contributed by atoms with Crippen molar-refractivity contribution in [1.82, 2.24) is 5.16 Å². The number of ether oxygens (including phenoxy) is 7. The Morgan fingerprint density at radius 3 is 1.98 bits per heavy atom. The molecule has 1 aromatic heterocycles. The highest BCUT2D eigenvalue weighted by Gasteiger charge is 2.18. The predicted octanol–water partition coefficient (Wildman–Crippen LogP) is 6.74. The number of benzene rings is 3. The van der Waals surface area contributed by atoms with Crippen LogP contribution >= 0.6 is 11.6 Å². The molecule has 0 aliphatic carbocycles. The highest BCUT2D eigenvalue weighted by atomic mass is 35.5. The first-order valence-electron chi connectivity index (χ1n) is 12.5. The summed E-state index contributed by atoms with van der Waals surface area (Å²) < 4.78 is 44.6. The zero-order valence-corrected chi connectivity index (χ0v) is 23.8. The summed E-state index contributed by atoms with van der Waals surface area (Å²) in [5.41, 5.74) is 2.15. The quantitative estimate of drug-likeness (QED) is 0.153. The van der Waals surface area contributed by atoms with Gasteiger partial charge in [-0.1, -0.05) is 16.8 Å². The van der Waals surface area contributed by atoms with Gasteiger partial charge in [0.05, 0.1) is 48.8 Å². The van der Waals surface area contributed by atoms with Gasteiger partial charge in [0.1, 0.15) is 5.69 Å². The average Bonchev–Trinajstić information content (AvgIpc) is 3.48. The Kier molecular flexibility index (Phi) is 9.86. The van der Waals surface area contributed by atoms with Crippen LogP contribution in [0.15, 0.2) is 53.1 Å². The molecule has 1 heterocycles. The third-order valence-corrected chi connectivity index (χ3v) is 6.23. The lowest BCUT2D eigenvalue weighted by Gasteiger charge is -2.13. The molecule has 0 aliphatic rings. The van der Waals surface area contributed by atoms with Gasteiger partial charge in [0, 0.05) is 34.3 Å². The Balaban J connectivity index is 1.41. The summed E-state index contributed by atoms with van der Waals surface area (Å²) in [5.74, 6) is 4.40. The van der Waals surface area contributed by atoms with E-state index in [9.17, 15) is 0 Å². The van der Waals surface area contributed by atoms with E-state index in [2.05, 4.69) is 11.2 Å². The second kappa shape index (κ2) is 13.7. The van der Waals surface area contributed by atoms with Crippen molar-refractivity contribution in [1.29, 1.82) is 0 Å². The number of unbranched alkanes of at least 4 members (excludes halogenated alkanes) is 1. The molecule has 0 N–H and O–H groups in total. The zero-order valence-electron chi connectivity index (χ0n) is 23.0. The van der Waals surface area contributed by atoms with Crippen LogP contribution in [0.5, 0.6) is 40.2 Å². The average molecular weight is 569 g/mol. The van der Waals surface area contributed by atoms with Crippen molar-refractivity contribution in [2.24, 2.45) is 0 Å². The highest BCUT2D eigenvalue weighted by Crippen LogP contribution is 2.42. The van der Waals surface area contributed by atoms with Crippen molar-refractivity contribution in [3.05, 3.63) is 59.6 Å². The minimum Gasteiger partial charge on any atom is -0.493 e. The maximum Gasteiger partial charge on any atom is 0.203 e. The van der Waals surface area contributed by atoms with Crippen molar-refractivity contribution < 1.29 is 37.7 Å². The number of aromatic nitrogens is 1. The van der Waals surface area contributed by atoms with Crippen molar-refractivity contribution in [3.63, 3.8) is 0 Å². The van der Waals surface area contributed by atoms with Crippen molar-refractivity contribution in [2.75, 3.05) is 48.8 Å². The van der Waals surface area contributed by atoms with E-state index < -0.39 is 0 Å². The molecule has 0 saturated carbocycles. The Bertz CT molecular complexity index is 1400. The third kappa shape index (κ3) is 6.66. The summed E-state index contributed by atoms with van der Waals surface area (Å²) in [6, 6.07) is 17.3. The topological polar surface area (TPSA) is 90.6 Å². The molecule has 10 heteroatoms. The minimum atomic E-state index is 0.467. The normalized spacial score (nSPS) is 10.7. The SMILES string of the molecule is COc1[c]cc(Cl)cc1OCCCCOc1cc(-c2cc(-c3cc(OC)c(OC)c(OC)c3)no2)ccc1OC. The molecule has 4 aromatic rings. The molecule has 0 bridgehead atoms. The van der Waals surface area contributed by atoms with Gasteiger partial charge in [-0.3, -0.25) is 0 Å². The maximum atomic E-state index is 6.04. The fourth-order valence-electron chi connectivity index (χ4n) is 3.99. The van der Waals surface area contributed by atoms with Crippen molar-refractivity contribution in [2.45, 2.75) is 12.8 Å². The van der Waals surface area contributed by atoms with Crippen molar-refractivity contribution in [3.8, 4) is 62.8 Å². The van der Waals surface area contributed by atoms with E-state index in [0.29, 0.717) is 69.9 Å². The first-order chi connectivity index (χ1) is 19.5. The van der Waals surface area contributed by atoms with E-state index in [1.54, 1.807) is 47.7 Å². The molecule has 4 rings (SSSR count). The van der Waals surface area contributed by atoms with Crippen LogP contribution in [0, 0.1) is 6.07 Å². The van der Waals surface area contributed by atoms with Gasteiger partial charge in [0.25, 0.3) is 0 Å². The van der Waals surface area contributed by atoms with E-state index in [1.807, 2.05) is 36.4 Å². The standard InChI is InChI=1S/C30H31ClNO8/c1-33-23-10-8-19(14-26(23)38-12-6-7-13-39-27-17-21(31)9-11-24(27)34-2)25-18-22(32-40-25)20-15-28(35-3)30(37-5)29(16-20)36-4/h8-10,14-18H,6-7,12-13H2,1-5H3. The lowest BCUT2D eigenvalue weighted by molar-refractivity contribution is 0.252. The molecule has 211 valence electrons. The summed E-state index contributed by atoms with van der Waals surface area (Å²) in [7, 11) is 7.85. The van der Waals surface area contributed by atoms with E-state index in [0.717, 1.165) is 24.0 Å². The molecule has 0 saturated heterocycles. The monoisotopic (exact) mass is 568 g/mol. The van der Waals surface area contributed by atoms with Gasteiger partial charge in [-0.15, -0.1) is 0 Å². The molecule has 9 nitrogen and oxygen atoms in total. The van der Waals surface area contributed by atoms with Gasteiger partial charge < -0.3 is 37.7 Å². The lowest BCUT2D eigenvalue weighted by Crippen LogP contribution is -2.04. The number of nitrogens with zero attached hydrogens (tertiary/aromatic N) is 1. The first-order valence-corrected chi connectivity index (χ1v) is 12.8. The molecule has 0 spiro atoms. The van der Waals surface area contributed by atoms with Crippen LogP contribution in [0.3, 0.4) is 0 Å². The summed E-state index contributed by atoms with van der Waals surface area (Å²) in [4.78, 5) is 0. The van der Waals surface area contributed by atoms with Crippen LogP contribution in [-0.4, -0.2) is 53.9 Å². The van der Waals surface area contributed by atoms with E-state index >= 15 is 0 Å². The van der Waals surface area contributed by atoms with Crippen LogP contribution in [0.25, 0.3) is 22.6 Å². The molecule has 0 aliphatic heterocycles. The number of hydrogen-bond acceptors (Lipinski definition) is 9. The van der Waals surface area contributed by atoms with Crippen molar-refractivity contribution >= 4 is 11.6 Å². The van der Waals surface area contributed by atoms with Crippen LogP contribution in [0.1, 0.15) is 12.8 Å². The molecular formula is C30H31ClNO8. The van der Waals surface area contributed by atoms with Gasteiger partial charge in [-0.2, -0.15) is 0 Å². The van der Waals surface area contributed by atoms with E-state index in [4.69, 9.17) is 49.3 Å².